The number of carbonyl (C=O) groups is 1. The monoisotopic (exact) mass is 317 g/mol. The van der Waals surface area contributed by atoms with E-state index in [0.29, 0.717) is 16.5 Å². The lowest BCUT2D eigenvalue weighted by atomic mass is 10.1. The summed E-state index contributed by atoms with van der Waals surface area (Å²) in [4.78, 5) is 12.0. The maximum atomic E-state index is 12.0. The summed E-state index contributed by atoms with van der Waals surface area (Å²) >= 11 is 0. The molecule has 0 aliphatic heterocycles. The number of alkyl halides is 3. The van der Waals surface area contributed by atoms with Crippen LogP contribution in [0.3, 0.4) is 0 Å². The lowest BCUT2D eigenvalue weighted by Crippen LogP contribution is -2.29. The molecule has 0 aliphatic rings. The molecule has 8 heteroatoms. The highest BCUT2D eigenvalue weighted by atomic mass is 19.4. The van der Waals surface area contributed by atoms with Gasteiger partial charge in [-0.3, -0.25) is 4.79 Å². The van der Waals surface area contributed by atoms with Crippen molar-refractivity contribution in [2.75, 3.05) is 19.8 Å². The fraction of sp³-hybridized carbons (Fsp3) is 0.357. The second-order valence-electron chi connectivity index (χ2n) is 4.49. The molecule has 0 fully saturated rings. The molecule has 0 radical (unpaired) electrons. The van der Waals surface area contributed by atoms with Crippen molar-refractivity contribution in [3.8, 4) is 0 Å². The van der Waals surface area contributed by atoms with Crippen LogP contribution in [0, 0.1) is 0 Å². The molecular weight excluding hydrogens is 303 g/mol. The summed E-state index contributed by atoms with van der Waals surface area (Å²) in [5.41, 5.74) is 0.786. The molecule has 1 aromatic heterocycles. The van der Waals surface area contributed by atoms with Crippen molar-refractivity contribution in [1.29, 1.82) is 0 Å². The van der Waals surface area contributed by atoms with Crippen molar-refractivity contribution < 1.29 is 32.2 Å². The molecule has 0 saturated carbocycles. The van der Waals surface area contributed by atoms with Crippen molar-refractivity contribution in [2.45, 2.75) is 12.8 Å². The van der Waals surface area contributed by atoms with Gasteiger partial charge in [-0.05, 0) is 6.07 Å². The number of rotatable bonds is 6. The Balaban J connectivity index is 1.95. The molecule has 2 rings (SSSR count). The molecule has 0 spiro atoms. The Morgan fingerprint density at radius 2 is 2.05 bits per heavy atom. The lowest BCUT2D eigenvalue weighted by molar-refractivity contribution is -0.173. The second kappa shape index (κ2) is 6.80. The van der Waals surface area contributed by atoms with Crippen LogP contribution < -0.4 is 5.32 Å². The van der Waals surface area contributed by atoms with Gasteiger partial charge in [0.2, 0.25) is 0 Å². The van der Waals surface area contributed by atoms with E-state index in [0.717, 1.165) is 0 Å². The number of halogens is 3. The van der Waals surface area contributed by atoms with E-state index >= 15 is 0 Å². The number of benzene rings is 1. The quantitative estimate of drug-likeness (QED) is 0.802. The van der Waals surface area contributed by atoms with Crippen molar-refractivity contribution in [3.63, 3.8) is 0 Å². The number of carbonyl (C=O) groups excluding carboxylic acids is 1. The molecule has 1 heterocycles. The molecular formula is C14H14F3NO4. The summed E-state index contributed by atoms with van der Waals surface area (Å²) in [5, 5.41) is 12.4. The second-order valence-corrected chi connectivity index (χ2v) is 4.49. The van der Waals surface area contributed by atoms with Crippen molar-refractivity contribution in [1.82, 2.24) is 5.32 Å². The number of aliphatic hydroxyl groups is 1. The smallest absolute Gasteiger partial charge is 0.411 e. The van der Waals surface area contributed by atoms with Crippen LogP contribution in [0.15, 0.2) is 28.7 Å². The van der Waals surface area contributed by atoms with Crippen LogP contribution in [0.5, 0.6) is 0 Å². The van der Waals surface area contributed by atoms with E-state index in [1.54, 1.807) is 24.3 Å². The predicted octanol–water partition coefficient (Wildman–Crippen LogP) is 2.23. The van der Waals surface area contributed by atoms with Gasteiger partial charge in [-0.2, -0.15) is 13.2 Å². The molecule has 1 amide bonds. The van der Waals surface area contributed by atoms with Gasteiger partial charge in [0.1, 0.15) is 12.2 Å². The highest BCUT2D eigenvalue weighted by molar-refractivity contribution is 5.98. The van der Waals surface area contributed by atoms with E-state index in [1.807, 2.05) is 0 Å². The van der Waals surface area contributed by atoms with Gasteiger partial charge in [0.05, 0.1) is 13.2 Å². The summed E-state index contributed by atoms with van der Waals surface area (Å²) in [6.07, 6.45) is -4.40. The lowest BCUT2D eigenvalue weighted by Gasteiger charge is -2.08. The minimum Gasteiger partial charge on any atom is -0.451 e. The zero-order valence-electron chi connectivity index (χ0n) is 11.4. The summed E-state index contributed by atoms with van der Waals surface area (Å²) in [5.74, 6) is -0.671. The van der Waals surface area contributed by atoms with E-state index in [9.17, 15) is 23.1 Å². The fourth-order valence-electron chi connectivity index (χ4n) is 1.94. The number of fused-ring (bicyclic) bond motifs is 1. The molecule has 2 N–H and O–H groups in total. The Kier molecular flexibility index (Phi) is 5.04. The van der Waals surface area contributed by atoms with Crippen LogP contribution in [0.25, 0.3) is 11.0 Å². The van der Waals surface area contributed by atoms with Gasteiger partial charge in [-0.15, -0.1) is 0 Å². The van der Waals surface area contributed by atoms with Gasteiger partial charge in [0, 0.05) is 17.5 Å². The summed E-state index contributed by atoms with van der Waals surface area (Å²) < 4.78 is 45.4. The van der Waals surface area contributed by atoms with Crippen molar-refractivity contribution in [3.05, 3.63) is 35.6 Å². The number of furan rings is 1. The molecule has 0 aliphatic carbocycles. The third-order valence-corrected chi connectivity index (χ3v) is 2.86. The number of para-hydroxylation sites is 1. The maximum absolute atomic E-state index is 12.0. The van der Waals surface area contributed by atoms with E-state index in [-0.39, 0.29) is 25.5 Å². The Morgan fingerprint density at radius 1 is 1.32 bits per heavy atom. The largest absolute Gasteiger partial charge is 0.451 e. The highest BCUT2D eigenvalue weighted by Crippen LogP contribution is 2.25. The molecule has 0 unspecified atom stereocenters. The molecule has 120 valence electrons. The number of hydrogen-bond acceptors (Lipinski definition) is 4. The van der Waals surface area contributed by atoms with Crippen LogP contribution in [0.2, 0.25) is 0 Å². The van der Waals surface area contributed by atoms with E-state index < -0.39 is 18.7 Å². The average molecular weight is 317 g/mol. The maximum Gasteiger partial charge on any atom is 0.411 e. The Hall–Kier alpha value is -2.06. The van der Waals surface area contributed by atoms with E-state index in [4.69, 9.17) is 4.42 Å². The zero-order valence-corrected chi connectivity index (χ0v) is 11.4. The Morgan fingerprint density at radius 3 is 2.73 bits per heavy atom. The normalized spacial score (nSPS) is 11.8. The van der Waals surface area contributed by atoms with Gasteiger partial charge in [-0.1, -0.05) is 18.2 Å². The minimum absolute atomic E-state index is 0.0560. The van der Waals surface area contributed by atoms with E-state index in [2.05, 4.69) is 10.1 Å². The Bertz CT molecular complexity index is 651. The molecule has 2 aromatic rings. The summed E-state index contributed by atoms with van der Waals surface area (Å²) in [7, 11) is 0. The van der Waals surface area contributed by atoms with Gasteiger partial charge >= 0.3 is 6.18 Å². The van der Waals surface area contributed by atoms with Gasteiger partial charge in [-0.25, -0.2) is 0 Å². The van der Waals surface area contributed by atoms with Crippen LogP contribution >= 0.6 is 0 Å². The fourth-order valence-corrected chi connectivity index (χ4v) is 1.94. The van der Waals surface area contributed by atoms with Crippen LogP contribution in [-0.2, 0) is 11.3 Å². The molecule has 0 saturated heterocycles. The van der Waals surface area contributed by atoms with Gasteiger partial charge in [0.15, 0.2) is 5.76 Å². The number of amides is 1. The number of hydrogen-bond donors (Lipinski definition) is 2. The summed E-state index contributed by atoms with van der Waals surface area (Å²) in [6.45, 7) is -2.13. The molecule has 5 nitrogen and oxygen atoms in total. The summed E-state index contributed by atoms with van der Waals surface area (Å²) in [6, 6.07) is 6.81. The predicted molar refractivity (Wildman–Crippen MR) is 71.3 cm³/mol. The third kappa shape index (κ3) is 3.99. The highest BCUT2D eigenvalue weighted by Gasteiger charge is 2.27. The Labute approximate surface area is 123 Å². The van der Waals surface area contributed by atoms with Crippen LogP contribution in [-0.4, -0.2) is 36.9 Å². The van der Waals surface area contributed by atoms with Crippen molar-refractivity contribution in [2.24, 2.45) is 0 Å². The number of ether oxygens (including phenoxy) is 1. The van der Waals surface area contributed by atoms with Crippen molar-refractivity contribution >= 4 is 16.9 Å². The minimum atomic E-state index is -4.40. The number of nitrogens with one attached hydrogen (secondary N) is 1. The molecule has 1 aromatic carbocycles. The third-order valence-electron chi connectivity index (χ3n) is 2.86. The van der Waals surface area contributed by atoms with Crippen LogP contribution in [0.1, 0.15) is 16.1 Å². The molecule has 0 atom stereocenters. The van der Waals surface area contributed by atoms with Gasteiger partial charge in [0.25, 0.3) is 5.91 Å². The first-order chi connectivity index (χ1) is 10.4. The topological polar surface area (TPSA) is 71.7 Å². The standard InChI is InChI=1S/C14H14F3NO4/c15-14(16,17)8-21-6-5-18-13(20)12-10(7-19)9-3-1-2-4-11(9)22-12/h1-4,19H,5-8H2,(H,18,20). The van der Waals surface area contributed by atoms with E-state index in [1.165, 1.54) is 0 Å². The first kappa shape index (κ1) is 16.3. The molecule has 22 heavy (non-hydrogen) atoms. The first-order valence-corrected chi connectivity index (χ1v) is 6.46. The zero-order chi connectivity index (χ0) is 16.2. The first-order valence-electron chi connectivity index (χ1n) is 6.46. The molecule has 0 bridgehead atoms. The van der Waals surface area contributed by atoms with Crippen LogP contribution in [0.4, 0.5) is 13.2 Å². The average Bonchev–Trinajstić information content (AvgIpc) is 2.84. The number of aliphatic hydroxyl groups excluding tert-OH is 1. The SMILES string of the molecule is O=C(NCCOCC(F)(F)F)c1oc2ccccc2c1CO. The van der Waals surface area contributed by atoms with Gasteiger partial charge < -0.3 is 19.6 Å².